The maximum Gasteiger partial charge on any atom is 0.255 e. The second-order valence-corrected chi connectivity index (χ2v) is 5.44. The van der Waals surface area contributed by atoms with Crippen LogP contribution in [0.1, 0.15) is 42.6 Å². The van der Waals surface area contributed by atoms with Crippen LogP contribution in [0, 0.1) is 11.3 Å². The Morgan fingerprint density at radius 2 is 1.96 bits per heavy atom. The Balaban J connectivity index is 2.15. The quantitative estimate of drug-likeness (QED) is 0.725. The Bertz CT molecular complexity index is 766. The lowest BCUT2D eigenvalue weighted by Gasteiger charge is -2.13. The van der Waals surface area contributed by atoms with Gasteiger partial charge >= 0.3 is 0 Å². The summed E-state index contributed by atoms with van der Waals surface area (Å²) in [6.45, 7) is 5.08. The Morgan fingerprint density at radius 1 is 1.12 bits per heavy atom. The number of nitriles is 1. The third-order valence-corrected chi connectivity index (χ3v) is 3.51. The van der Waals surface area contributed by atoms with Gasteiger partial charge in [0, 0.05) is 11.3 Å². The number of hydrogen-bond acceptors (Lipinski definition) is 4. The lowest BCUT2D eigenvalue weighted by Crippen LogP contribution is -2.12. The second-order valence-electron chi connectivity index (χ2n) is 5.44. The molecule has 130 valence electrons. The molecule has 0 aliphatic carbocycles. The zero-order valence-electron chi connectivity index (χ0n) is 14.5. The summed E-state index contributed by atoms with van der Waals surface area (Å²) >= 11 is 0. The lowest BCUT2D eigenvalue weighted by atomic mass is 10.1. The molecule has 1 N–H and O–H groups in total. The number of benzene rings is 2. The fraction of sp³-hybridized carbons (Fsp3) is 0.300. The van der Waals surface area contributed by atoms with Gasteiger partial charge < -0.3 is 14.8 Å². The highest BCUT2D eigenvalue weighted by atomic mass is 16.5. The first kappa shape index (κ1) is 18.3. The van der Waals surface area contributed by atoms with Gasteiger partial charge in [0.2, 0.25) is 0 Å². The first-order valence-electron chi connectivity index (χ1n) is 8.39. The summed E-state index contributed by atoms with van der Waals surface area (Å²) in [4.78, 5) is 12.5. The van der Waals surface area contributed by atoms with Crippen molar-refractivity contribution in [1.29, 1.82) is 5.26 Å². The van der Waals surface area contributed by atoms with Gasteiger partial charge in [0.05, 0.1) is 24.8 Å². The fourth-order valence-electron chi connectivity index (χ4n) is 2.23. The molecular weight excluding hydrogens is 316 g/mol. The van der Waals surface area contributed by atoms with Crippen molar-refractivity contribution in [2.45, 2.75) is 26.7 Å². The van der Waals surface area contributed by atoms with E-state index in [9.17, 15) is 4.79 Å². The van der Waals surface area contributed by atoms with Crippen LogP contribution in [0.15, 0.2) is 42.5 Å². The van der Waals surface area contributed by atoms with Crippen molar-refractivity contribution in [3.8, 4) is 17.6 Å². The first-order chi connectivity index (χ1) is 12.2. The summed E-state index contributed by atoms with van der Waals surface area (Å²) in [5, 5.41) is 11.7. The van der Waals surface area contributed by atoms with E-state index >= 15 is 0 Å². The summed E-state index contributed by atoms with van der Waals surface area (Å²) in [6.07, 6.45) is 2.01. The maximum atomic E-state index is 12.5. The molecule has 0 atom stereocenters. The normalized spacial score (nSPS) is 9.96. The van der Waals surface area contributed by atoms with Gasteiger partial charge in [-0.3, -0.25) is 4.79 Å². The minimum Gasteiger partial charge on any atom is -0.490 e. The monoisotopic (exact) mass is 338 g/mol. The van der Waals surface area contributed by atoms with E-state index in [4.69, 9.17) is 14.7 Å². The summed E-state index contributed by atoms with van der Waals surface area (Å²) in [6, 6.07) is 14.0. The highest BCUT2D eigenvalue weighted by Crippen LogP contribution is 2.29. The van der Waals surface area contributed by atoms with Crippen molar-refractivity contribution >= 4 is 11.6 Å². The largest absolute Gasteiger partial charge is 0.490 e. The molecule has 0 aliphatic rings. The Kier molecular flexibility index (Phi) is 6.85. The van der Waals surface area contributed by atoms with Crippen LogP contribution in [0.2, 0.25) is 0 Å². The molecule has 0 unspecified atom stereocenters. The Hall–Kier alpha value is -3.00. The molecular formula is C20H22N2O3. The van der Waals surface area contributed by atoms with Gasteiger partial charge in [0.1, 0.15) is 0 Å². The molecule has 0 saturated heterocycles. The summed E-state index contributed by atoms with van der Waals surface area (Å²) in [7, 11) is 0. The van der Waals surface area contributed by atoms with Gasteiger partial charge in [-0.05, 0) is 49.7 Å². The zero-order chi connectivity index (χ0) is 18.1. The second kappa shape index (κ2) is 9.33. The maximum absolute atomic E-state index is 12.5. The number of nitrogens with zero attached hydrogens (tertiary/aromatic N) is 1. The number of nitrogens with one attached hydrogen (secondary N) is 1. The van der Waals surface area contributed by atoms with Crippen LogP contribution >= 0.6 is 0 Å². The molecule has 5 heteroatoms. The van der Waals surface area contributed by atoms with Crippen molar-refractivity contribution < 1.29 is 14.3 Å². The standard InChI is InChI=1S/C20H22N2O3/c1-3-5-11-25-18-10-9-16(13-19(18)24-4-2)20(23)22-17-8-6-7-15(12-17)14-21/h6-10,12-13H,3-5,11H2,1-2H3,(H,22,23). The van der Waals surface area contributed by atoms with Crippen LogP contribution < -0.4 is 14.8 Å². The molecule has 2 rings (SSSR count). The van der Waals surface area contributed by atoms with Crippen LogP contribution in [0.5, 0.6) is 11.5 Å². The molecule has 0 aromatic heterocycles. The van der Waals surface area contributed by atoms with Gasteiger partial charge in [-0.25, -0.2) is 0 Å². The van der Waals surface area contributed by atoms with Crippen molar-refractivity contribution in [1.82, 2.24) is 0 Å². The average molecular weight is 338 g/mol. The van der Waals surface area contributed by atoms with Gasteiger partial charge in [0.25, 0.3) is 5.91 Å². The van der Waals surface area contributed by atoms with E-state index in [0.29, 0.717) is 41.5 Å². The Morgan fingerprint density at radius 3 is 2.68 bits per heavy atom. The van der Waals surface area contributed by atoms with E-state index in [0.717, 1.165) is 12.8 Å². The molecule has 5 nitrogen and oxygen atoms in total. The predicted octanol–water partition coefficient (Wildman–Crippen LogP) is 4.39. The van der Waals surface area contributed by atoms with E-state index in [1.165, 1.54) is 0 Å². The highest BCUT2D eigenvalue weighted by Gasteiger charge is 2.12. The van der Waals surface area contributed by atoms with E-state index in [1.807, 2.05) is 6.92 Å². The fourth-order valence-corrected chi connectivity index (χ4v) is 2.23. The zero-order valence-corrected chi connectivity index (χ0v) is 14.5. The summed E-state index contributed by atoms with van der Waals surface area (Å²) in [5.41, 5.74) is 1.53. The molecule has 2 aromatic carbocycles. The first-order valence-corrected chi connectivity index (χ1v) is 8.39. The molecule has 0 aliphatic heterocycles. The highest BCUT2D eigenvalue weighted by molar-refractivity contribution is 6.04. The molecule has 0 radical (unpaired) electrons. The van der Waals surface area contributed by atoms with Crippen molar-refractivity contribution in [2.75, 3.05) is 18.5 Å². The summed E-state index contributed by atoms with van der Waals surface area (Å²) in [5.74, 6) is 0.923. The van der Waals surface area contributed by atoms with Crippen molar-refractivity contribution in [2.24, 2.45) is 0 Å². The molecule has 0 spiro atoms. The number of ether oxygens (including phenoxy) is 2. The number of hydrogen-bond donors (Lipinski definition) is 1. The van der Waals surface area contributed by atoms with Gasteiger partial charge in [-0.1, -0.05) is 19.4 Å². The molecule has 0 saturated carbocycles. The number of unbranched alkanes of at least 4 members (excludes halogenated alkanes) is 1. The number of carbonyl (C=O) groups excluding carboxylic acids is 1. The smallest absolute Gasteiger partial charge is 0.255 e. The van der Waals surface area contributed by atoms with Crippen molar-refractivity contribution in [3.63, 3.8) is 0 Å². The van der Waals surface area contributed by atoms with E-state index in [2.05, 4.69) is 18.3 Å². The molecule has 0 fully saturated rings. The van der Waals surface area contributed by atoms with Crippen LogP contribution in [0.25, 0.3) is 0 Å². The van der Waals surface area contributed by atoms with E-state index < -0.39 is 0 Å². The molecule has 0 bridgehead atoms. The third kappa shape index (κ3) is 5.25. The molecule has 2 aromatic rings. The lowest BCUT2D eigenvalue weighted by molar-refractivity contribution is 0.102. The minimum atomic E-state index is -0.267. The van der Waals surface area contributed by atoms with Gasteiger partial charge in [-0.15, -0.1) is 0 Å². The number of amides is 1. The van der Waals surface area contributed by atoms with Crippen LogP contribution in [-0.4, -0.2) is 19.1 Å². The molecule has 0 heterocycles. The van der Waals surface area contributed by atoms with Crippen LogP contribution in [0.4, 0.5) is 5.69 Å². The minimum absolute atomic E-state index is 0.267. The van der Waals surface area contributed by atoms with Gasteiger partial charge in [-0.2, -0.15) is 5.26 Å². The van der Waals surface area contributed by atoms with Crippen molar-refractivity contribution in [3.05, 3.63) is 53.6 Å². The van der Waals surface area contributed by atoms with Crippen LogP contribution in [-0.2, 0) is 0 Å². The third-order valence-electron chi connectivity index (χ3n) is 3.51. The number of carbonyl (C=O) groups is 1. The van der Waals surface area contributed by atoms with E-state index in [-0.39, 0.29) is 5.91 Å². The average Bonchev–Trinajstić information content (AvgIpc) is 2.63. The van der Waals surface area contributed by atoms with Gasteiger partial charge in [0.15, 0.2) is 11.5 Å². The predicted molar refractivity (Wildman–Crippen MR) is 97.1 cm³/mol. The molecule has 1 amide bonds. The summed E-state index contributed by atoms with van der Waals surface area (Å²) < 4.78 is 11.3. The topological polar surface area (TPSA) is 71.3 Å². The van der Waals surface area contributed by atoms with E-state index in [1.54, 1.807) is 42.5 Å². The van der Waals surface area contributed by atoms with Crippen LogP contribution in [0.3, 0.4) is 0 Å². The molecule has 25 heavy (non-hydrogen) atoms. The Labute approximate surface area is 148 Å². The number of rotatable bonds is 8. The SMILES string of the molecule is CCCCOc1ccc(C(=O)Nc2cccc(C#N)c2)cc1OCC. The number of anilines is 1.